The SMILES string of the molecule is COc1nccc(CNC2COCc3ccccc32)n1. The molecular weight excluding hydrogens is 254 g/mol. The third-order valence-corrected chi connectivity index (χ3v) is 3.38. The van der Waals surface area contributed by atoms with Gasteiger partial charge in [-0.3, -0.25) is 0 Å². The van der Waals surface area contributed by atoms with Crippen molar-refractivity contribution in [3.63, 3.8) is 0 Å². The van der Waals surface area contributed by atoms with Crippen LogP contribution in [0.4, 0.5) is 0 Å². The fourth-order valence-electron chi connectivity index (χ4n) is 2.35. The normalized spacial score (nSPS) is 17.6. The molecule has 20 heavy (non-hydrogen) atoms. The average molecular weight is 271 g/mol. The number of benzene rings is 1. The summed E-state index contributed by atoms with van der Waals surface area (Å²) in [5, 5.41) is 3.47. The highest BCUT2D eigenvalue weighted by molar-refractivity contribution is 5.31. The lowest BCUT2D eigenvalue weighted by molar-refractivity contribution is 0.0815. The predicted octanol–water partition coefficient (Wildman–Crippen LogP) is 1.85. The molecule has 1 N–H and O–H groups in total. The molecule has 2 heterocycles. The Labute approximate surface area is 118 Å². The number of nitrogens with one attached hydrogen (secondary N) is 1. The molecule has 5 nitrogen and oxygen atoms in total. The third kappa shape index (κ3) is 2.79. The number of hydrogen-bond acceptors (Lipinski definition) is 5. The van der Waals surface area contributed by atoms with E-state index in [2.05, 4.69) is 33.5 Å². The van der Waals surface area contributed by atoms with Crippen LogP contribution in [0.5, 0.6) is 6.01 Å². The summed E-state index contributed by atoms with van der Waals surface area (Å²) in [5.41, 5.74) is 3.45. The van der Waals surface area contributed by atoms with Crippen LogP contribution in [0.25, 0.3) is 0 Å². The summed E-state index contributed by atoms with van der Waals surface area (Å²) < 4.78 is 10.7. The molecule has 0 saturated carbocycles. The zero-order chi connectivity index (χ0) is 13.8. The van der Waals surface area contributed by atoms with Crippen molar-refractivity contribution in [2.24, 2.45) is 0 Å². The second kappa shape index (κ2) is 5.98. The maximum Gasteiger partial charge on any atom is 0.316 e. The van der Waals surface area contributed by atoms with Crippen LogP contribution in [0, 0.1) is 0 Å². The van der Waals surface area contributed by atoms with Crippen molar-refractivity contribution in [3.8, 4) is 6.01 Å². The van der Waals surface area contributed by atoms with Crippen LogP contribution < -0.4 is 10.1 Å². The number of aromatic nitrogens is 2. The highest BCUT2D eigenvalue weighted by Gasteiger charge is 2.19. The Morgan fingerprint density at radius 3 is 3.15 bits per heavy atom. The second-order valence-electron chi connectivity index (χ2n) is 4.68. The van der Waals surface area contributed by atoms with Gasteiger partial charge < -0.3 is 14.8 Å². The van der Waals surface area contributed by atoms with Crippen molar-refractivity contribution < 1.29 is 9.47 Å². The highest BCUT2D eigenvalue weighted by atomic mass is 16.5. The molecule has 104 valence electrons. The van der Waals surface area contributed by atoms with Gasteiger partial charge in [0, 0.05) is 12.7 Å². The average Bonchev–Trinajstić information content (AvgIpc) is 2.53. The summed E-state index contributed by atoms with van der Waals surface area (Å²) in [7, 11) is 1.57. The summed E-state index contributed by atoms with van der Waals surface area (Å²) in [4.78, 5) is 8.30. The molecule has 1 atom stereocenters. The van der Waals surface area contributed by atoms with E-state index < -0.39 is 0 Å². The first-order valence-corrected chi connectivity index (χ1v) is 6.61. The van der Waals surface area contributed by atoms with Gasteiger partial charge in [0.25, 0.3) is 0 Å². The van der Waals surface area contributed by atoms with Crippen LogP contribution in [0.3, 0.4) is 0 Å². The molecule has 1 aromatic carbocycles. The molecule has 0 radical (unpaired) electrons. The molecule has 1 aliphatic heterocycles. The van der Waals surface area contributed by atoms with E-state index in [0.29, 0.717) is 25.8 Å². The zero-order valence-corrected chi connectivity index (χ0v) is 11.4. The zero-order valence-electron chi connectivity index (χ0n) is 11.4. The largest absolute Gasteiger partial charge is 0.467 e. The highest BCUT2D eigenvalue weighted by Crippen LogP contribution is 2.24. The van der Waals surface area contributed by atoms with Gasteiger partial charge in [-0.15, -0.1) is 0 Å². The van der Waals surface area contributed by atoms with Gasteiger partial charge in [-0.05, 0) is 17.2 Å². The van der Waals surface area contributed by atoms with E-state index in [1.807, 2.05) is 12.1 Å². The van der Waals surface area contributed by atoms with Crippen LogP contribution in [0.1, 0.15) is 22.9 Å². The first-order valence-electron chi connectivity index (χ1n) is 6.61. The minimum Gasteiger partial charge on any atom is -0.467 e. The summed E-state index contributed by atoms with van der Waals surface area (Å²) in [6.45, 7) is 2.02. The van der Waals surface area contributed by atoms with Crippen LogP contribution in [0.2, 0.25) is 0 Å². The summed E-state index contributed by atoms with van der Waals surface area (Å²) in [6, 6.07) is 10.8. The Morgan fingerprint density at radius 1 is 1.35 bits per heavy atom. The summed E-state index contributed by atoms with van der Waals surface area (Å²) in [5.74, 6) is 0. The van der Waals surface area contributed by atoms with E-state index >= 15 is 0 Å². The number of nitrogens with zero attached hydrogens (tertiary/aromatic N) is 2. The molecule has 1 unspecified atom stereocenters. The van der Waals surface area contributed by atoms with Crippen LogP contribution >= 0.6 is 0 Å². The number of methoxy groups -OCH3 is 1. The number of hydrogen-bond donors (Lipinski definition) is 1. The first-order chi connectivity index (χ1) is 9.86. The maximum absolute atomic E-state index is 5.62. The molecule has 0 bridgehead atoms. The smallest absolute Gasteiger partial charge is 0.316 e. The van der Waals surface area contributed by atoms with Gasteiger partial charge in [-0.1, -0.05) is 24.3 Å². The molecule has 0 amide bonds. The minimum atomic E-state index is 0.195. The lowest BCUT2D eigenvalue weighted by atomic mass is 9.99. The molecule has 0 fully saturated rings. The fraction of sp³-hybridized carbons (Fsp3) is 0.333. The molecule has 0 aliphatic carbocycles. The second-order valence-corrected chi connectivity index (χ2v) is 4.68. The van der Waals surface area contributed by atoms with E-state index in [1.54, 1.807) is 13.3 Å². The van der Waals surface area contributed by atoms with Crippen molar-refractivity contribution >= 4 is 0 Å². The standard InChI is InChI=1S/C15H17N3O2/c1-19-15-16-7-6-12(18-15)8-17-14-10-20-9-11-4-2-3-5-13(11)14/h2-7,14,17H,8-10H2,1H3. The Hall–Kier alpha value is -1.98. The molecule has 5 heteroatoms. The predicted molar refractivity (Wildman–Crippen MR) is 74.3 cm³/mol. The molecule has 1 aromatic heterocycles. The van der Waals surface area contributed by atoms with Gasteiger partial charge in [-0.2, -0.15) is 4.98 Å². The monoisotopic (exact) mass is 271 g/mol. The van der Waals surface area contributed by atoms with E-state index in [0.717, 1.165) is 5.69 Å². The lowest BCUT2D eigenvalue weighted by Crippen LogP contribution is -2.29. The molecular formula is C15H17N3O2. The topological polar surface area (TPSA) is 56.3 Å². The molecule has 2 aromatic rings. The van der Waals surface area contributed by atoms with Gasteiger partial charge in [0.05, 0.1) is 32.1 Å². The van der Waals surface area contributed by atoms with E-state index in [9.17, 15) is 0 Å². The Bertz CT molecular complexity index is 589. The van der Waals surface area contributed by atoms with Gasteiger partial charge >= 0.3 is 6.01 Å². The molecule has 0 saturated heterocycles. The van der Waals surface area contributed by atoms with Crippen LogP contribution in [-0.2, 0) is 17.9 Å². The van der Waals surface area contributed by atoms with Crippen molar-refractivity contribution in [3.05, 3.63) is 53.3 Å². The Morgan fingerprint density at radius 2 is 2.25 bits per heavy atom. The lowest BCUT2D eigenvalue weighted by Gasteiger charge is -2.26. The first kappa shape index (κ1) is 13.0. The van der Waals surface area contributed by atoms with Crippen molar-refractivity contribution in [2.75, 3.05) is 13.7 Å². The number of fused-ring (bicyclic) bond motifs is 1. The molecule has 3 rings (SSSR count). The molecule has 0 spiro atoms. The number of rotatable bonds is 4. The summed E-state index contributed by atoms with van der Waals surface area (Å²) >= 11 is 0. The summed E-state index contributed by atoms with van der Waals surface area (Å²) in [6.07, 6.45) is 1.70. The third-order valence-electron chi connectivity index (χ3n) is 3.38. The van der Waals surface area contributed by atoms with E-state index in [1.165, 1.54) is 11.1 Å². The van der Waals surface area contributed by atoms with Crippen molar-refractivity contribution in [2.45, 2.75) is 19.2 Å². The minimum absolute atomic E-state index is 0.195. The molecule has 1 aliphatic rings. The van der Waals surface area contributed by atoms with E-state index in [4.69, 9.17) is 9.47 Å². The number of ether oxygens (including phenoxy) is 2. The maximum atomic E-state index is 5.62. The van der Waals surface area contributed by atoms with Crippen molar-refractivity contribution in [1.82, 2.24) is 15.3 Å². The fourth-order valence-corrected chi connectivity index (χ4v) is 2.35. The van der Waals surface area contributed by atoms with Gasteiger partial charge in [0.15, 0.2) is 0 Å². The van der Waals surface area contributed by atoms with Crippen LogP contribution in [0.15, 0.2) is 36.5 Å². The van der Waals surface area contributed by atoms with Gasteiger partial charge in [0.1, 0.15) is 0 Å². The van der Waals surface area contributed by atoms with Gasteiger partial charge in [0.2, 0.25) is 0 Å². The quantitative estimate of drug-likeness (QED) is 0.919. The van der Waals surface area contributed by atoms with Crippen LogP contribution in [-0.4, -0.2) is 23.7 Å². The van der Waals surface area contributed by atoms with Crippen molar-refractivity contribution in [1.29, 1.82) is 0 Å². The Balaban J connectivity index is 1.70. The van der Waals surface area contributed by atoms with Gasteiger partial charge in [-0.25, -0.2) is 4.98 Å². The Kier molecular flexibility index (Phi) is 3.90. The van der Waals surface area contributed by atoms with E-state index in [-0.39, 0.29) is 6.04 Å².